The highest BCUT2D eigenvalue weighted by Crippen LogP contribution is 2.18. The summed E-state index contributed by atoms with van der Waals surface area (Å²) in [5, 5.41) is 0. The van der Waals surface area contributed by atoms with Crippen LogP contribution >= 0.6 is 0 Å². The quantitative estimate of drug-likeness (QED) is 0.905. The molecule has 0 fully saturated rings. The lowest BCUT2D eigenvalue weighted by molar-refractivity contribution is -0.135. The third kappa shape index (κ3) is 4.57. The van der Waals surface area contributed by atoms with Crippen molar-refractivity contribution < 1.29 is 4.79 Å². The average molecular weight is 288 g/mol. The van der Waals surface area contributed by atoms with Crippen molar-refractivity contribution in [2.75, 3.05) is 13.1 Å². The fourth-order valence-electron chi connectivity index (χ4n) is 3.07. The molecule has 2 rings (SSSR count). The topological polar surface area (TPSA) is 46.3 Å². The van der Waals surface area contributed by atoms with Crippen molar-refractivity contribution in [3.63, 3.8) is 0 Å². The number of hydrogen-bond donors (Lipinski definition) is 1. The lowest BCUT2D eigenvalue weighted by Crippen LogP contribution is -2.37. The highest BCUT2D eigenvalue weighted by Gasteiger charge is 2.22. The van der Waals surface area contributed by atoms with E-state index in [9.17, 15) is 4.79 Å². The first kappa shape index (κ1) is 16.0. The molecule has 1 aromatic carbocycles. The highest BCUT2D eigenvalue weighted by atomic mass is 16.2. The van der Waals surface area contributed by atoms with Gasteiger partial charge >= 0.3 is 0 Å². The molecule has 1 aliphatic heterocycles. The van der Waals surface area contributed by atoms with Gasteiger partial charge in [-0.05, 0) is 43.7 Å². The second kappa shape index (κ2) is 7.60. The summed E-state index contributed by atoms with van der Waals surface area (Å²) >= 11 is 0. The van der Waals surface area contributed by atoms with Crippen molar-refractivity contribution in [2.45, 2.75) is 52.0 Å². The maximum Gasteiger partial charge on any atom is 0.225 e. The summed E-state index contributed by atoms with van der Waals surface area (Å²) < 4.78 is 0. The molecular formula is C18H28N2O. The number of nitrogens with zero attached hydrogens (tertiary/aromatic N) is 1. The number of hydrogen-bond acceptors (Lipinski definition) is 2. The van der Waals surface area contributed by atoms with Crippen LogP contribution in [-0.2, 0) is 17.6 Å². The molecule has 2 atom stereocenters. The SMILES string of the molecule is CC(N)CCCC(C)C(=O)N1CCc2ccccc2CC1. The average Bonchev–Trinajstić information content (AvgIpc) is 2.68. The van der Waals surface area contributed by atoms with Gasteiger partial charge in [-0.25, -0.2) is 0 Å². The molecule has 3 nitrogen and oxygen atoms in total. The number of fused-ring (bicyclic) bond motifs is 1. The van der Waals surface area contributed by atoms with Crippen molar-refractivity contribution in [3.05, 3.63) is 35.4 Å². The molecule has 0 spiro atoms. The third-order valence-electron chi connectivity index (χ3n) is 4.45. The van der Waals surface area contributed by atoms with Gasteiger partial charge in [0.2, 0.25) is 5.91 Å². The molecule has 2 N–H and O–H groups in total. The molecule has 1 aliphatic rings. The van der Waals surface area contributed by atoms with Gasteiger partial charge < -0.3 is 10.6 Å². The van der Waals surface area contributed by atoms with Gasteiger partial charge in [0.05, 0.1) is 0 Å². The van der Waals surface area contributed by atoms with Gasteiger partial charge in [0.15, 0.2) is 0 Å². The largest absolute Gasteiger partial charge is 0.342 e. The Bertz CT molecular complexity index is 443. The molecule has 1 heterocycles. The monoisotopic (exact) mass is 288 g/mol. The van der Waals surface area contributed by atoms with Gasteiger partial charge in [0, 0.05) is 25.0 Å². The third-order valence-corrected chi connectivity index (χ3v) is 4.45. The van der Waals surface area contributed by atoms with Crippen LogP contribution in [0, 0.1) is 5.92 Å². The zero-order valence-electron chi connectivity index (χ0n) is 13.3. The summed E-state index contributed by atoms with van der Waals surface area (Å²) in [4.78, 5) is 14.6. The number of rotatable bonds is 5. The molecule has 0 saturated carbocycles. The van der Waals surface area contributed by atoms with Gasteiger partial charge in [-0.15, -0.1) is 0 Å². The number of carbonyl (C=O) groups is 1. The van der Waals surface area contributed by atoms with E-state index >= 15 is 0 Å². The second-order valence-corrected chi connectivity index (χ2v) is 6.40. The van der Waals surface area contributed by atoms with E-state index in [2.05, 4.69) is 36.1 Å². The van der Waals surface area contributed by atoms with E-state index in [1.54, 1.807) is 0 Å². The van der Waals surface area contributed by atoms with E-state index in [4.69, 9.17) is 5.73 Å². The second-order valence-electron chi connectivity index (χ2n) is 6.40. The first-order valence-electron chi connectivity index (χ1n) is 8.19. The fourth-order valence-corrected chi connectivity index (χ4v) is 3.07. The standard InChI is InChI=1S/C18H28N2O/c1-14(6-5-7-15(2)19)18(21)20-12-10-16-8-3-4-9-17(16)11-13-20/h3-4,8-9,14-15H,5-7,10-13,19H2,1-2H3. The summed E-state index contributed by atoms with van der Waals surface area (Å²) in [6.07, 6.45) is 4.95. The van der Waals surface area contributed by atoms with Crippen molar-refractivity contribution in [1.82, 2.24) is 4.90 Å². The molecular weight excluding hydrogens is 260 g/mol. The number of benzene rings is 1. The summed E-state index contributed by atoms with van der Waals surface area (Å²) in [6.45, 7) is 5.79. The van der Waals surface area contributed by atoms with Crippen molar-refractivity contribution in [3.8, 4) is 0 Å². The van der Waals surface area contributed by atoms with Gasteiger partial charge in [0.1, 0.15) is 0 Å². The Morgan fingerprint density at radius 2 is 1.71 bits per heavy atom. The summed E-state index contributed by atoms with van der Waals surface area (Å²) in [5.74, 6) is 0.428. The molecule has 0 aliphatic carbocycles. The van der Waals surface area contributed by atoms with E-state index in [-0.39, 0.29) is 12.0 Å². The Morgan fingerprint density at radius 1 is 1.14 bits per heavy atom. The van der Waals surface area contributed by atoms with Crippen molar-refractivity contribution in [2.24, 2.45) is 11.7 Å². The molecule has 21 heavy (non-hydrogen) atoms. The highest BCUT2D eigenvalue weighted by molar-refractivity contribution is 5.78. The van der Waals surface area contributed by atoms with Crippen LogP contribution in [0.15, 0.2) is 24.3 Å². The molecule has 3 heteroatoms. The van der Waals surface area contributed by atoms with E-state index in [1.807, 2.05) is 6.92 Å². The molecule has 0 aromatic heterocycles. The summed E-state index contributed by atoms with van der Waals surface area (Å²) in [5.41, 5.74) is 8.57. The number of amides is 1. The van der Waals surface area contributed by atoms with Crippen LogP contribution in [0.2, 0.25) is 0 Å². The first-order chi connectivity index (χ1) is 10.1. The normalized spacial score (nSPS) is 17.8. The van der Waals surface area contributed by atoms with Crippen LogP contribution in [-0.4, -0.2) is 29.9 Å². The van der Waals surface area contributed by atoms with Crippen molar-refractivity contribution >= 4 is 5.91 Å². The maximum absolute atomic E-state index is 12.6. The summed E-state index contributed by atoms with van der Waals surface area (Å²) in [7, 11) is 0. The Kier molecular flexibility index (Phi) is 5.80. The van der Waals surface area contributed by atoms with E-state index < -0.39 is 0 Å². The van der Waals surface area contributed by atoms with E-state index in [1.165, 1.54) is 11.1 Å². The minimum Gasteiger partial charge on any atom is -0.342 e. The molecule has 0 saturated heterocycles. The number of nitrogens with two attached hydrogens (primary N) is 1. The van der Waals surface area contributed by atoms with Crippen LogP contribution in [0.3, 0.4) is 0 Å². The van der Waals surface area contributed by atoms with Crippen LogP contribution < -0.4 is 5.73 Å². The predicted octanol–water partition coefficient (Wildman–Crippen LogP) is 2.77. The number of carbonyl (C=O) groups excluding carboxylic acids is 1. The zero-order valence-corrected chi connectivity index (χ0v) is 13.3. The molecule has 0 bridgehead atoms. The van der Waals surface area contributed by atoms with Gasteiger partial charge in [-0.3, -0.25) is 4.79 Å². The van der Waals surface area contributed by atoms with Crippen LogP contribution in [0.5, 0.6) is 0 Å². The Morgan fingerprint density at radius 3 is 2.24 bits per heavy atom. The lowest BCUT2D eigenvalue weighted by Gasteiger charge is -2.24. The summed E-state index contributed by atoms with van der Waals surface area (Å²) in [6, 6.07) is 8.80. The van der Waals surface area contributed by atoms with Crippen LogP contribution in [0.1, 0.15) is 44.2 Å². The van der Waals surface area contributed by atoms with Crippen LogP contribution in [0.25, 0.3) is 0 Å². The van der Waals surface area contributed by atoms with Crippen LogP contribution in [0.4, 0.5) is 0 Å². The van der Waals surface area contributed by atoms with Crippen molar-refractivity contribution in [1.29, 1.82) is 0 Å². The predicted molar refractivity (Wildman–Crippen MR) is 87.1 cm³/mol. The lowest BCUT2D eigenvalue weighted by atomic mass is 10.0. The first-order valence-corrected chi connectivity index (χ1v) is 8.19. The Hall–Kier alpha value is -1.35. The minimum atomic E-state index is 0.116. The zero-order chi connectivity index (χ0) is 15.2. The maximum atomic E-state index is 12.6. The van der Waals surface area contributed by atoms with E-state index in [0.29, 0.717) is 5.91 Å². The smallest absolute Gasteiger partial charge is 0.225 e. The minimum absolute atomic E-state index is 0.116. The molecule has 0 radical (unpaired) electrons. The molecule has 2 unspecified atom stereocenters. The van der Waals surface area contributed by atoms with Gasteiger partial charge in [-0.2, -0.15) is 0 Å². The van der Waals surface area contributed by atoms with Gasteiger partial charge in [-0.1, -0.05) is 37.6 Å². The van der Waals surface area contributed by atoms with E-state index in [0.717, 1.165) is 45.2 Å². The van der Waals surface area contributed by atoms with Gasteiger partial charge in [0.25, 0.3) is 0 Å². The molecule has 1 aromatic rings. The Labute approximate surface area is 128 Å². The molecule has 116 valence electrons. The Balaban J connectivity index is 1.86. The fraction of sp³-hybridized carbons (Fsp3) is 0.611. The molecule has 1 amide bonds.